The number of ether oxygens (including phenoxy) is 1. The van der Waals surface area contributed by atoms with Gasteiger partial charge in [0.15, 0.2) is 0 Å². The Bertz CT molecular complexity index is 311. The van der Waals surface area contributed by atoms with Crippen LogP contribution in [-0.4, -0.2) is 18.1 Å². The highest BCUT2D eigenvalue weighted by molar-refractivity contribution is 9.11. The third kappa shape index (κ3) is 2.51. The third-order valence-electron chi connectivity index (χ3n) is 1.50. The van der Waals surface area contributed by atoms with Gasteiger partial charge in [-0.2, -0.15) is 0 Å². The molecule has 0 amide bonds. The van der Waals surface area contributed by atoms with Gasteiger partial charge < -0.3 is 4.74 Å². The average Bonchev–Trinajstić information content (AvgIpc) is 2.47. The predicted molar refractivity (Wildman–Crippen MR) is 55.1 cm³/mol. The number of nitrogens with zero attached hydrogens (tertiary/aromatic N) is 1. The topological polar surface area (TPSA) is 39.2 Å². The molecule has 0 atom stereocenters. The summed E-state index contributed by atoms with van der Waals surface area (Å²) in [7, 11) is 1.36. The molecule has 1 heterocycles. The Labute approximate surface area is 89.3 Å². The molecule has 0 spiro atoms. The van der Waals surface area contributed by atoms with Gasteiger partial charge in [-0.05, 0) is 22.4 Å². The van der Waals surface area contributed by atoms with Gasteiger partial charge in [-0.25, -0.2) is 9.78 Å². The maximum atomic E-state index is 11.1. The SMILES string of the molecule is CCCc1nc(C(=O)OC)sc1Br. The van der Waals surface area contributed by atoms with Crippen LogP contribution in [0.5, 0.6) is 0 Å². The number of rotatable bonds is 3. The van der Waals surface area contributed by atoms with Crippen LogP contribution in [0.25, 0.3) is 0 Å². The number of carbonyl (C=O) groups is 1. The summed E-state index contributed by atoms with van der Waals surface area (Å²) in [6.45, 7) is 2.07. The zero-order valence-corrected chi connectivity index (χ0v) is 9.87. The van der Waals surface area contributed by atoms with Gasteiger partial charge in [0.25, 0.3) is 0 Å². The first-order valence-corrected chi connectivity index (χ1v) is 5.53. The van der Waals surface area contributed by atoms with Crippen molar-refractivity contribution in [3.05, 3.63) is 14.5 Å². The molecule has 72 valence electrons. The van der Waals surface area contributed by atoms with Crippen molar-refractivity contribution >= 4 is 33.2 Å². The molecular formula is C8H10BrNO2S. The number of aromatic nitrogens is 1. The summed E-state index contributed by atoms with van der Waals surface area (Å²) >= 11 is 4.68. The summed E-state index contributed by atoms with van der Waals surface area (Å²) in [4.78, 5) is 15.3. The zero-order valence-electron chi connectivity index (χ0n) is 7.46. The van der Waals surface area contributed by atoms with Crippen LogP contribution in [0.4, 0.5) is 0 Å². The summed E-state index contributed by atoms with van der Waals surface area (Å²) in [5.41, 5.74) is 0.938. The maximum Gasteiger partial charge on any atom is 0.367 e. The number of aryl methyl sites for hydroxylation is 1. The highest BCUT2D eigenvalue weighted by Crippen LogP contribution is 2.26. The average molecular weight is 264 g/mol. The summed E-state index contributed by atoms with van der Waals surface area (Å²) < 4.78 is 5.50. The minimum atomic E-state index is -0.368. The molecule has 13 heavy (non-hydrogen) atoms. The molecular weight excluding hydrogens is 254 g/mol. The molecule has 0 aliphatic heterocycles. The Kier molecular flexibility index (Phi) is 3.87. The first-order chi connectivity index (χ1) is 6.19. The smallest absolute Gasteiger partial charge is 0.367 e. The second kappa shape index (κ2) is 4.72. The molecule has 0 aliphatic carbocycles. The molecule has 0 aromatic carbocycles. The molecule has 0 N–H and O–H groups in total. The minimum Gasteiger partial charge on any atom is -0.464 e. The lowest BCUT2D eigenvalue weighted by Gasteiger charge is -1.91. The Hall–Kier alpha value is -0.420. The highest BCUT2D eigenvalue weighted by atomic mass is 79.9. The number of methoxy groups -OCH3 is 1. The molecule has 0 unspecified atom stereocenters. The maximum absolute atomic E-state index is 11.1. The van der Waals surface area contributed by atoms with Crippen molar-refractivity contribution in [2.24, 2.45) is 0 Å². The molecule has 1 aromatic heterocycles. The van der Waals surface area contributed by atoms with E-state index in [0.717, 1.165) is 22.3 Å². The Morgan fingerprint density at radius 1 is 1.69 bits per heavy atom. The fraction of sp³-hybridized carbons (Fsp3) is 0.500. The van der Waals surface area contributed by atoms with Crippen molar-refractivity contribution in [2.45, 2.75) is 19.8 Å². The summed E-state index contributed by atoms with van der Waals surface area (Å²) in [5.74, 6) is -0.368. The molecule has 0 fully saturated rings. The lowest BCUT2D eigenvalue weighted by atomic mass is 10.3. The summed E-state index contributed by atoms with van der Waals surface area (Å²) in [6.07, 6.45) is 1.90. The minimum absolute atomic E-state index is 0.368. The van der Waals surface area contributed by atoms with Crippen molar-refractivity contribution < 1.29 is 9.53 Å². The zero-order chi connectivity index (χ0) is 9.84. The van der Waals surface area contributed by atoms with Gasteiger partial charge in [0.1, 0.15) is 0 Å². The van der Waals surface area contributed by atoms with Crippen molar-refractivity contribution in [2.75, 3.05) is 7.11 Å². The van der Waals surface area contributed by atoms with Crippen molar-refractivity contribution in [1.29, 1.82) is 0 Å². The molecule has 0 radical (unpaired) electrons. The van der Waals surface area contributed by atoms with Crippen LogP contribution in [0.3, 0.4) is 0 Å². The van der Waals surface area contributed by atoms with E-state index in [2.05, 4.69) is 32.6 Å². The first kappa shape index (κ1) is 10.7. The normalized spacial score (nSPS) is 10.1. The van der Waals surface area contributed by atoms with Gasteiger partial charge >= 0.3 is 5.97 Å². The Morgan fingerprint density at radius 3 is 2.92 bits per heavy atom. The predicted octanol–water partition coefficient (Wildman–Crippen LogP) is 2.64. The highest BCUT2D eigenvalue weighted by Gasteiger charge is 2.14. The second-order valence-corrected chi connectivity index (χ2v) is 4.80. The number of halogens is 1. The number of hydrogen-bond donors (Lipinski definition) is 0. The van der Waals surface area contributed by atoms with Crippen molar-refractivity contribution in [1.82, 2.24) is 4.98 Å². The van der Waals surface area contributed by atoms with Crippen molar-refractivity contribution in [3.63, 3.8) is 0 Å². The number of hydrogen-bond acceptors (Lipinski definition) is 4. The molecule has 1 rings (SSSR count). The molecule has 0 bridgehead atoms. The number of carbonyl (C=O) groups excluding carboxylic acids is 1. The van der Waals surface area contributed by atoms with E-state index in [1.165, 1.54) is 18.4 Å². The van der Waals surface area contributed by atoms with Gasteiger partial charge in [0.05, 0.1) is 16.6 Å². The molecule has 5 heteroatoms. The van der Waals surface area contributed by atoms with Crippen LogP contribution in [0, 0.1) is 0 Å². The van der Waals surface area contributed by atoms with Crippen LogP contribution in [0.15, 0.2) is 3.79 Å². The quantitative estimate of drug-likeness (QED) is 0.788. The number of esters is 1. The van der Waals surface area contributed by atoms with Gasteiger partial charge in [0.2, 0.25) is 5.01 Å². The first-order valence-electron chi connectivity index (χ1n) is 3.92. The van der Waals surface area contributed by atoms with Crippen LogP contribution in [-0.2, 0) is 11.2 Å². The number of thiazole rings is 1. The van der Waals surface area contributed by atoms with Crippen LogP contribution >= 0.6 is 27.3 Å². The summed E-state index contributed by atoms with van der Waals surface area (Å²) in [5, 5.41) is 0.415. The van der Waals surface area contributed by atoms with Gasteiger partial charge in [-0.15, -0.1) is 0 Å². The third-order valence-corrected chi connectivity index (χ3v) is 3.31. The van der Waals surface area contributed by atoms with E-state index >= 15 is 0 Å². The molecule has 0 saturated heterocycles. The van der Waals surface area contributed by atoms with Crippen LogP contribution in [0.2, 0.25) is 0 Å². The van der Waals surface area contributed by atoms with Crippen LogP contribution in [0.1, 0.15) is 28.8 Å². The standard InChI is InChI=1S/C8H10BrNO2S/c1-3-4-5-6(9)13-7(10-5)8(11)12-2/h3-4H2,1-2H3. The van der Waals surface area contributed by atoms with Gasteiger partial charge in [-0.3, -0.25) is 0 Å². The van der Waals surface area contributed by atoms with E-state index in [1.807, 2.05) is 0 Å². The van der Waals surface area contributed by atoms with E-state index in [1.54, 1.807) is 0 Å². The van der Waals surface area contributed by atoms with E-state index in [-0.39, 0.29) is 5.97 Å². The fourth-order valence-corrected chi connectivity index (χ4v) is 2.40. The fourth-order valence-electron chi connectivity index (χ4n) is 0.899. The van der Waals surface area contributed by atoms with E-state index in [9.17, 15) is 4.79 Å². The largest absolute Gasteiger partial charge is 0.464 e. The van der Waals surface area contributed by atoms with Gasteiger partial charge in [-0.1, -0.05) is 24.7 Å². The Morgan fingerprint density at radius 2 is 2.38 bits per heavy atom. The van der Waals surface area contributed by atoms with Gasteiger partial charge in [0, 0.05) is 0 Å². The molecule has 0 aliphatic rings. The lowest BCUT2D eigenvalue weighted by Crippen LogP contribution is -2.00. The molecule has 1 aromatic rings. The molecule has 0 saturated carbocycles. The van der Waals surface area contributed by atoms with E-state index in [4.69, 9.17) is 0 Å². The molecule has 3 nitrogen and oxygen atoms in total. The lowest BCUT2D eigenvalue weighted by molar-refractivity contribution is 0.0600. The summed E-state index contributed by atoms with van der Waals surface area (Å²) in [6, 6.07) is 0. The Balaban J connectivity index is 2.88. The van der Waals surface area contributed by atoms with E-state index < -0.39 is 0 Å². The monoisotopic (exact) mass is 263 g/mol. The second-order valence-electron chi connectivity index (χ2n) is 2.48. The van der Waals surface area contributed by atoms with Crippen LogP contribution < -0.4 is 0 Å². The van der Waals surface area contributed by atoms with E-state index in [0.29, 0.717) is 5.01 Å². The van der Waals surface area contributed by atoms with Crippen molar-refractivity contribution in [3.8, 4) is 0 Å².